The van der Waals surface area contributed by atoms with Gasteiger partial charge < -0.3 is 9.47 Å². The molecule has 1 saturated heterocycles. The van der Waals surface area contributed by atoms with Crippen LogP contribution in [0, 0.1) is 0 Å². The molecule has 2 aromatic rings. The first kappa shape index (κ1) is 28.0. The number of sulfone groups is 1. The molecule has 0 spiro atoms. The summed E-state index contributed by atoms with van der Waals surface area (Å²) >= 11 is 0. The Morgan fingerprint density at radius 3 is 2.14 bits per heavy atom. The lowest BCUT2D eigenvalue weighted by Gasteiger charge is -2.27. The average molecular weight is 519 g/mol. The molecule has 9 heteroatoms. The summed E-state index contributed by atoms with van der Waals surface area (Å²) in [5.41, 5.74) is 2.18. The summed E-state index contributed by atoms with van der Waals surface area (Å²) in [6.45, 7) is 7.60. The molecule has 1 aliphatic rings. The SMILES string of the molecule is CCCCOc1ccc(S(=O)(=O)[C@](C)(Cc2ccc(OCCN3CCCCC3)cc2)C(=O)NO)cc1. The number of piperidine rings is 1. The lowest BCUT2D eigenvalue weighted by Crippen LogP contribution is -2.51. The zero-order valence-corrected chi connectivity index (χ0v) is 22.1. The highest BCUT2D eigenvalue weighted by atomic mass is 32.2. The lowest BCUT2D eigenvalue weighted by atomic mass is 9.99. The zero-order valence-electron chi connectivity index (χ0n) is 21.2. The van der Waals surface area contributed by atoms with Gasteiger partial charge in [0.2, 0.25) is 0 Å². The van der Waals surface area contributed by atoms with Crippen molar-refractivity contribution in [3.8, 4) is 11.5 Å². The minimum absolute atomic E-state index is 0.0193. The molecule has 0 aliphatic carbocycles. The minimum Gasteiger partial charge on any atom is -0.494 e. The van der Waals surface area contributed by atoms with Gasteiger partial charge >= 0.3 is 0 Å². The molecule has 1 amide bonds. The maximum atomic E-state index is 13.5. The van der Waals surface area contributed by atoms with Gasteiger partial charge in [0.15, 0.2) is 14.6 Å². The average Bonchev–Trinajstić information content (AvgIpc) is 2.90. The third kappa shape index (κ3) is 6.99. The minimum atomic E-state index is -4.15. The van der Waals surface area contributed by atoms with Crippen LogP contribution in [0.25, 0.3) is 0 Å². The number of nitrogens with one attached hydrogen (secondary N) is 1. The number of ether oxygens (including phenoxy) is 2. The highest BCUT2D eigenvalue weighted by Gasteiger charge is 2.47. The van der Waals surface area contributed by atoms with Crippen molar-refractivity contribution in [2.75, 3.05) is 32.8 Å². The summed E-state index contributed by atoms with van der Waals surface area (Å²) in [4.78, 5) is 15.0. The van der Waals surface area contributed by atoms with E-state index in [1.165, 1.54) is 38.3 Å². The molecule has 8 nitrogen and oxygen atoms in total. The van der Waals surface area contributed by atoms with Crippen molar-refractivity contribution in [1.82, 2.24) is 10.4 Å². The molecular weight excluding hydrogens is 480 g/mol. The van der Waals surface area contributed by atoms with E-state index in [4.69, 9.17) is 9.47 Å². The molecule has 1 atom stereocenters. The number of carbonyl (C=O) groups excluding carboxylic acids is 1. The van der Waals surface area contributed by atoms with E-state index in [1.54, 1.807) is 41.9 Å². The molecule has 0 unspecified atom stereocenters. The van der Waals surface area contributed by atoms with E-state index in [1.807, 2.05) is 0 Å². The second-order valence-corrected chi connectivity index (χ2v) is 11.8. The van der Waals surface area contributed by atoms with E-state index < -0.39 is 20.5 Å². The molecule has 0 aromatic heterocycles. The number of amides is 1. The monoisotopic (exact) mass is 518 g/mol. The van der Waals surface area contributed by atoms with Gasteiger partial charge in [-0.25, -0.2) is 13.9 Å². The zero-order chi connectivity index (χ0) is 26.0. The summed E-state index contributed by atoms with van der Waals surface area (Å²) in [6, 6.07) is 13.1. The standard InChI is InChI=1S/C27H38N2O6S/c1-3-4-19-34-24-12-14-25(15-13-24)36(32,33)27(2,26(30)28-31)21-22-8-10-23(11-9-22)35-20-18-29-16-6-5-7-17-29/h8-15,31H,3-7,16-21H2,1-2H3,(H,28,30)/t27-/m1/s1. The van der Waals surface area contributed by atoms with Crippen molar-refractivity contribution in [1.29, 1.82) is 0 Å². The molecule has 0 radical (unpaired) electrons. The van der Waals surface area contributed by atoms with Crippen molar-refractivity contribution in [3.63, 3.8) is 0 Å². The van der Waals surface area contributed by atoms with Crippen molar-refractivity contribution in [3.05, 3.63) is 54.1 Å². The molecule has 36 heavy (non-hydrogen) atoms. The molecule has 0 bridgehead atoms. The Balaban J connectivity index is 1.69. The smallest absolute Gasteiger partial charge is 0.265 e. The van der Waals surface area contributed by atoms with E-state index in [2.05, 4.69) is 11.8 Å². The summed E-state index contributed by atoms with van der Waals surface area (Å²) in [6.07, 6.45) is 5.53. The van der Waals surface area contributed by atoms with Crippen LogP contribution in [0.2, 0.25) is 0 Å². The largest absolute Gasteiger partial charge is 0.494 e. The summed E-state index contributed by atoms with van der Waals surface area (Å²) in [5.74, 6) is 0.254. The van der Waals surface area contributed by atoms with E-state index in [0.29, 0.717) is 30.3 Å². The first-order valence-electron chi connectivity index (χ1n) is 12.7. The Hall–Kier alpha value is -2.62. The molecule has 0 saturated carbocycles. The normalized spacial score (nSPS) is 16.2. The van der Waals surface area contributed by atoms with Crippen LogP contribution in [0.15, 0.2) is 53.4 Å². The molecular formula is C27H38N2O6S. The maximum Gasteiger partial charge on any atom is 0.265 e. The van der Waals surface area contributed by atoms with Gasteiger partial charge in [-0.05, 0) is 81.2 Å². The van der Waals surface area contributed by atoms with Gasteiger partial charge in [0, 0.05) is 13.0 Å². The van der Waals surface area contributed by atoms with Gasteiger partial charge in [0.25, 0.3) is 5.91 Å². The van der Waals surface area contributed by atoms with Crippen LogP contribution in [-0.4, -0.2) is 62.0 Å². The Bertz CT molecular complexity index is 1070. The Kier molecular flexibility index (Phi) is 10.2. The number of nitrogens with zero attached hydrogens (tertiary/aromatic N) is 1. The number of likely N-dealkylation sites (tertiary alicyclic amines) is 1. The predicted octanol–water partition coefficient (Wildman–Crippen LogP) is 4.01. The number of hydroxylamine groups is 1. The van der Waals surface area contributed by atoms with Gasteiger partial charge in [0.05, 0.1) is 11.5 Å². The van der Waals surface area contributed by atoms with E-state index in [9.17, 15) is 18.4 Å². The second kappa shape index (κ2) is 13.1. The van der Waals surface area contributed by atoms with Crippen LogP contribution in [0.1, 0.15) is 51.5 Å². The predicted molar refractivity (Wildman–Crippen MR) is 138 cm³/mol. The van der Waals surface area contributed by atoms with Crippen LogP contribution in [0.4, 0.5) is 0 Å². The molecule has 1 aliphatic heterocycles. The fourth-order valence-corrected chi connectivity index (χ4v) is 5.95. The van der Waals surface area contributed by atoms with Gasteiger partial charge in [0.1, 0.15) is 18.1 Å². The lowest BCUT2D eigenvalue weighted by molar-refractivity contribution is -0.131. The number of rotatable bonds is 13. The van der Waals surface area contributed by atoms with Crippen molar-refractivity contribution >= 4 is 15.7 Å². The number of benzene rings is 2. The van der Waals surface area contributed by atoms with Crippen LogP contribution in [0.3, 0.4) is 0 Å². The molecule has 1 fully saturated rings. The quantitative estimate of drug-likeness (QED) is 0.234. The molecule has 2 aromatic carbocycles. The van der Waals surface area contributed by atoms with Gasteiger partial charge in [-0.15, -0.1) is 0 Å². The summed E-state index contributed by atoms with van der Waals surface area (Å²) < 4.78 is 36.6. The Morgan fingerprint density at radius 2 is 1.56 bits per heavy atom. The van der Waals surface area contributed by atoms with E-state index in [-0.39, 0.29) is 11.3 Å². The van der Waals surface area contributed by atoms with Crippen LogP contribution < -0.4 is 15.0 Å². The number of hydrogen-bond donors (Lipinski definition) is 2. The summed E-state index contributed by atoms with van der Waals surface area (Å²) in [5, 5.41) is 9.36. The van der Waals surface area contributed by atoms with Gasteiger partial charge in [-0.3, -0.25) is 14.9 Å². The molecule has 3 rings (SSSR count). The molecule has 1 heterocycles. The maximum absolute atomic E-state index is 13.5. The van der Waals surface area contributed by atoms with Crippen molar-refractivity contribution in [2.45, 2.75) is 62.0 Å². The van der Waals surface area contributed by atoms with Crippen molar-refractivity contribution in [2.24, 2.45) is 0 Å². The number of unbranched alkanes of at least 4 members (excludes halogenated alkanes) is 1. The molecule has 2 N–H and O–H groups in total. The first-order chi connectivity index (χ1) is 17.3. The van der Waals surface area contributed by atoms with Crippen LogP contribution >= 0.6 is 0 Å². The third-order valence-corrected chi connectivity index (χ3v) is 9.07. The van der Waals surface area contributed by atoms with Gasteiger partial charge in [-0.2, -0.15) is 0 Å². The topological polar surface area (TPSA) is 105 Å². The highest BCUT2D eigenvalue weighted by molar-refractivity contribution is 7.93. The second-order valence-electron chi connectivity index (χ2n) is 9.42. The van der Waals surface area contributed by atoms with Gasteiger partial charge in [-0.1, -0.05) is 31.9 Å². The third-order valence-electron chi connectivity index (χ3n) is 6.67. The van der Waals surface area contributed by atoms with E-state index >= 15 is 0 Å². The summed E-state index contributed by atoms with van der Waals surface area (Å²) in [7, 11) is -4.15. The fraction of sp³-hybridized carbons (Fsp3) is 0.519. The number of hydrogen-bond acceptors (Lipinski definition) is 7. The Labute approximate surface area is 214 Å². The van der Waals surface area contributed by atoms with Crippen LogP contribution in [0.5, 0.6) is 11.5 Å². The van der Waals surface area contributed by atoms with Crippen LogP contribution in [-0.2, 0) is 21.1 Å². The van der Waals surface area contributed by atoms with E-state index in [0.717, 1.165) is 32.5 Å². The Morgan fingerprint density at radius 1 is 0.972 bits per heavy atom. The first-order valence-corrected chi connectivity index (χ1v) is 14.1. The molecule has 198 valence electrons. The van der Waals surface area contributed by atoms with Crippen molar-refractivity contribution < 1.29 is 27.9 Å². The fourth-order valence-electron chi connectivity index (χ4n) is 4.29. The number of carbonyl (C=O) groups is 1. The highest BCUT2D eigenvalue weighted by Crippen LogP contribution is 2.31.